The van der Waals surface area contributed by atoms with Crippen molar-refractivity contribution in [2.45, 2.75) is 76.0 Å². The average molecular weight is 587 g/mol. The SMILES string of the molecule is Cc1ccc(S(=O)(=O)Nc2cccc3c2O[C@H](CN(C)C(=O)NC2CCCCC2)[C@@H](C)CN([C@@H](C)CO)C3=O)cc1. The summed E-state index contributed by atoms with van der Waals surface area (Å²) < 4.78 is 35.7. The molecular formula is C30H42N4O6S. The molecule has 1 fully saturated rings. The van der Waals surface area contributed by atoms with Crippen molar-refractivity contribution in [3.05, 3.63) is 53.6 Å². The van der Waals surface area contributed by atoms with E-state index in [0.717, 1.165) is 31.2 Å². The number of fused-ring (bicyclic) bond motifs is 1. The summed E-state index contributed by atoms with van der Waals surface area (Å²) in [5.41, 5.74) is 1.23. The zero-order valence-corrected chi connectivity index (χ0v) is 25.1. The van der Waals surface area contributed by atoms with Crippen LogP contribution in [0.5, 0.6) is 5.75 Å². The summed E-state index contributed by atoms with van der Waals surface area (Å²) >= 11 is 0. The van der Waals surface area contributed by atoms with Gasteiger partial charge in [0.1, 0.15) is 6.10 Å². The number of ether oxygens (including phenoxy) is 1. The van der Waals surface area contributed by atoms with Crippen LogP contribution in [-0.2, 0) is 10.0 Å². The first-order valence-corrected chi connectivity index (χ1v) is 15.8. The Morgan fingerprint density at radius 3 is 2.49 bits per heavy atom. The van der Waals surface area contributed by atoms with Gasteiger partial charge in [0, 0.05) is 25.6 Å². The number of likely N-dealkylation sites (N-methyl/N-ethyl adjacent to an activating group) is 1. The van der Waals surface area contributed by atoms with Gasteiger partial charge in [0.15, 0.2) is 5.75 Å². The summed E-state index contributed by atoms with van der Waals surface area (Å²) in [5.74, 6) is -0.514. The second-order valence-corrected chi connectivity index (χ2v) is 13.1. The number of sulfonamides is 1. The molecule has 1 heterocycles. The number of rotatable bonds is 8. The maximum Gasteiger partial charge on any atom is 0.317 e. The van der Waals surface area contributed by atoms with Gasteiger partial charge < -0.3 is 25.0 Å². The van der Waals surface area contributed by atoms with Crippen LogP contribution in [0.2, 0.25) is 0 Å². The number of amides is 3. The third kappa shape index (κ3) is 7.32. The van der Waals surface area contributed by atoms with Crippen molar-refractivity contribution >= 4 is 27.6 Å². The lowest BCUT2D eigenvalue weighted by atomic mass is 9.96. The Balaban J connectivity index is 1.66. The van der Waals surface area contributed by atoms with Crippen LogP contribution in [0.3, 0.4) is 0 Å². The van der Waals surface area contributed by atoms with Crippen molar-refractivity contribution in [1.82, 2.24) is 15.1 Å². The zero-order chi connectivity index (χ0) is 29.7. The van der Waals surface area contributed by atoms with Crippen molar-refractivity contribution in [3.8, 4) is 5.75 Å². The maximum absolute atomic E-state index is 13.7. The number of benzene rings is 2. The Labute approximate surface area is 243 Å². The fourth-order valence-corrected chi connectivity index (χ4v) is 6.41. The fourth-order valence-electron chi connectivity index (χ4n) is 5.35. The van der Waals surface area contributed by atoms with E-state index in [2.05, 4.69) is 10.0 Å². The highest BCUT2D eigenvalue weighted by atomic mass is 32.2. The molecule has 0 unspecified atom stereocenters. The molecule has 0 spiro atoms. The van der Waals surface area contributed by atoms with Crippen molar-refractivity contribution in [2.75, 3.05) is 31.5 Å². The van der Waals surface area contributed by atoms with Crippen LogP contribution in [0.15, 0.2) is 47.4 Å². The Bertz CT molecular complexity index is 1330. The molecule has 2 aromatic rings. The van der Waals surface area contributed by atoms with Gasteiger partial charge in [-0.3, -0.25) is 9.52 Å². The normalized spacial score (nSPS) is 20.7. The molecule has 224 valence electrons. The lowest BCUT2D eigenvalue weighted by Crippen LogP contribution is -2.52. The van der Waals surface area contributed by atoms with Crippen LogP contribution >= 0.6 is 0 Å². The average Bonchev–Trinajstić information content (AvgIpc) is 2.95. The molecule has 0 saturated heterocycles. The minimum atomic E-state index is -3.99. The van der Waals surface area contributed by atoms with E-state index in [1.54, 1.807) is 54.1 Å². The maximum atomic E-state index is 13.7. The van der Waals surface area contributed by atoms with Crippen LogP contribution in [0, 0.1) is 12.8 Å². The zero-order valence-electron chi connectivity index (χ0n) is 24.3. The highest BCUT2D eigenvalue weighted by molar-refractivity contribution is 7.92. The highest BCUT2D eigenvalue weighted by Crippen LogP contribution is 2.36. The fraction of sp³-hybridized carbons (Fsp3) is 0.533. The number of aryl methyl sites for hydroxylation is 1. The lowest BCUT2D eigenvalue weighted by molar-refractivity contribution is 0.0368. The van der Waals surface area contributed by atoms with E-state index in [-0.39, 0.29) is 58.9 Å². The molecular weight excluding hydrogens is 544 g/mol. The molecule has 4 rings (SSSR count). The number of aliphatic hydroxyl groups is 1. The first-order chi connectivity index (χ1) is 19.5. The Morgan fingerprint density at radius 2 is 1.83 bits per heavy atom. The number of anilines is 1. The Hall–Kier alpha value is -3.31. The molecule has 0 aromatic heterocycles. The quantitative estimate of drug-likeness (QED) is 0.429. The minimum Gasteiger partial charge on any atom is -0.485 e. The molecule has 1 saturated carbocycles. The molecule has 10 nitrogen and oxygen atoms in total. The smallest absolute Gasteiger partial charge is 0.317 e. The van der Waals surface area contributed by atoms with Gasteiger partial charge in [0.2, 0.25) is 0 Å². The first kappa shape index (κ1) is 30.6. The van der Waals surface area contributed by atoms with Crippen LogP contribution in [0.4, 0.5) is 10.5 Å². The summed E-state index contributed by atoms with van der Waals surface area (Å²) in [7, 11) is -2.28. The topological polar surface area (TPSA) is 128 Å². The Kier molecular flexibility index (Phi) is 9.80. The number of carbonyl (C=O) groups is 2. The third-order valence-corrected chi connectivity index (χ3v) is 9.38. The predicted molar refractivity (Wildman–Crippen MR) is 158 cm³/mol. The molecule has 2 aromatic carbocycles. The molecule has 3 amide bonds. The number of hydrogen-bond donors (Lipinski definition) is 3. The number of para-hydroxylation sites is 1. The molecule has 0 radical (unpaired) electrons. The van der Waals surface area contributed by atoms with E-state index in [1.807, 2.05) is 13.8 Å². The molecule has 2 aliphatic rings. The van der Waals surface area contributed by atoms with Crippen molar-refractivity contribution in [2.24, 2.45) is 5.92 Å². The van der Waals surface area contributed by atoms with Crippen LogP contribution in [0.1, 0.15) is 61.9 Å². The Morgan fingerprint density at radius 1 is 1.15 bits per heavy atom. The summed E-state index contributed by atoms with van der Waals surface area (Å²) in [6.45, 7) is 5.83. The molecule has 0 bridgehead atoms. The summed E-state index contributed by atoms with van der Waals surface area (Å²) in [6, 6.07) is 10.7. The second-order valence-electron chi connectivity index (χ2n) is 11.4. The van der Waals surface area contributed by atoms with E-state index >= 15 is 0 Å². The predicted octanol–water partition coefficient (Wildman–Crippen LogP) is 3.99. The second kappa shape index (κ2) is 13.1. The lowest BCUT2D eigenvalue weighted by Gasteiger charge is -2.38. The van der Waals surface area contributed by atoms with Gasteiger partial charge in [0.25, 0.3) is 15.9 Å². The molecule has 1 aliphatic heterocycles. The van der Waals surface area contributed by atoms with Gasteiger partial charge in [-0.2, -0.15) is 0 Å². The van der Waals surface area contributed by atoms with E-state index in [1.165, 1.54) is 18.6 Å². The van der Waals surface area contributed by atoms with Crippen molar-refractivity contribution in [3.63, 3.8) is 0 Å². The first-order valence-electron chi connectivity index (χ1n) is 14.3. The summed E-state index contributed by atoms with van der Waals surface area (Å²) in [4.78, 5) is 30.0. The molecule has 41 heavy (non-hydrogen) atoms. The van der Waals surface area contributed by atoms with Crippen LogP contribution in [0.25, 0.3) is 0 Å². The van der Waals surface area contributed by atoms with Crippen molar-refractivity contribution < 1.29 is 27.9 Å². The third-order valence-electron chi connectivity index (χ3n) is 8.00. The molecule has 3 N–H and O–H groups in total. The van der Waals surface area contributed by atoms with E-state index in [0.29, 0.717) is 6.54 Å². The van der Waals surface area contributed by atoms with Gasteiger partial charge in [0.05, 0.1) is 35.3 Å². The van der Waals surface area contributed by atoms with E-state index < -0.39 is 22.2 Å². The summed E-state index contributed by atoms with van der Waals surface area (Å²) in [5, 5.41) is 13.0. The standard InChI is InChI=1S/C30H42N4O6S/c1-20-13-15-24(16-14-20)41(38,39)32-26-12-8-11-25-28(26)40-27(21(2)17-34(29(25)36)22(3)19-35)18-33(4)30(37)31-23-9-6-5-7-10-23/h8,11-16,21-23,27,32,35H,5-7,9-10,17-19H2,1-4H3,(H,31,37)/t21-,22-,27+/m0/s1. The van der Waals surface area contributed by atoms with Gasteiger partial charge in [-0.15, -0.1) is 0 Å². The summed E-state index contributed by atoms with van der Waals surface area (Å²) in [6.07, 6.45) is 4.74. The number of carbonyl (C=O) groups excluding carboxylic acids is 2. The van der Waals surface area contributed by atoms with E-state index in [9.17, 15) is 23.1 Å². The molecule has 1 aliphatic carbocycles. The number of aliphatic hydroxyl groups excluding tert-OH is 1. The van der Waals surface area contributed by atoms with Crippen molar-refractivity contribution in [1.29, 1.82) is 0 Å². The number of nitrogens with one attached hydrogen (secondary N) is 2. The number of nitrogens with zero attached hydrogens (tertiary/aromatic N) is 2. The van der Waals surface area contributed by atoms with Gasteiger partial charge in [-0.25, -0.2) is 13.2 Å². The van der Waals surface area contributed by atoms with Crippen LogP contribution < -0.4 is 14.8 Å². The largest absolute Gasteiger partial charge is 0.485 e. The van der Waals surface area contributed by atoms with Gasteiger partial charge >= 0.3 is 6.03 Å². The van der Waals surface area contributed by atoms with Crippen LogP contribution in [-0.4, -0.2) is 80.2 Å². The highest BCUT2D eigenvalue weighted by Gasteiger charge is 2.35. The number of urea groups is 1. The monoisotopic (exact) mass is 586 g/mol. The van der Waals surface area contributed by atoms with E-state index in [4.69, 9.17) is 4.74 Å². The molecule has 11 heteroatoms. The molecule has 3 atom stereocenters. The van der Waals surface area contributed by atoms with Gasteiger partial charge in [-0.05, 0) is 51.0 Å². The number of hydrogen-bond acceptors (Lipinski definition) is 6. The van der Waals surface area contributed by atoms with Gasteiger partial charge in [-0.1, -0.05) is 49.9 Å². The minimum absolute atomic E-state index is 0.0810.